The van der Waals surface area contributed by atoms with Crippen LogP contribution in [0.15, 0.2) is 60.7 Å². The minimum Gasteiger partial charge on any atom is -0.339 e. The van der Waals surface area contributed by atoms with Crippen molar-refractivity contribution in [2.45, 2.75) is 6.42 Å². The summed E-state index contributed by atoms with van der Waals surface area (Å²) in [5.74, 6) is 6.29. The predicted molar refractivity (Wildman–Crippen MR) is 87.8 cm³/mol. The molecule has 0 spiro atoms. The standard InChI is InChI=1S/C19H14N2/c20-21-18-8-4-3-7-15(18)17-11-16-13(10-19(17)21)9-12-5-1-2-6-14(12)16/h1-8,10-11H,9,20H2. The molecule has 0 unspecified atom stereocenters. The molecule has 1 aliphatic rings. The average molecular weight is 270 g/mol. The third kappa shape index (κ3) is 1.32. The molecule has 3 aromatic carbocycles. The molecule has 0 aliphatic heterocycles. The van der Waals surface area contributed by atoms with E-state index in [4.69, 9.17) is 5.84 Å². The van der Waals surface area contributed by atoms with Crippen molar-refractivity contribution < 1.29 is 0 Å². The number of hydrogen-bond donors (Lipinski definition) is 1. The number of aromatic nitrogens is 1. The molecule has 21 heavy (non-hydrogen) atoms. The first-order valence-corrected chi connectivity index (χ1v) is 7.22. The van der Waals surface area contributed by atoms with Crippen LogP contribution in [-0.4, -0.2) is 4.68 Å². The highest BCUT2D eigenvalue weighted by Crippen LogP contribution is 2.40. The van der Waals surface area contributed by atoms with Crippen LogP contribution < -0.4 is 5.84 Å². The number of fused-ring (bicyclic) bond motifs is 6. The minimum absolute atomic E-state index is 1.00. The van der Waals surface area contributed by atoms with E-state index in [0.717, 1.165) is 17.5 Å². The minimum atomic E-state index is 1.00. The number of nitrogens with two attached hydrogens (primary N) is 1. The highest BCUT2D eigenvalue weighted by molar-refractivity contribution is 6.10. The van der Waals surface area contributed by atoms with E-state index in [0.29, 0.717) is 0 Å². The van der Waals surface area contributed by atoms with E-state index in [9.17, 15) is 0 Å². The van der Waals surface area contributed by atoms with Crippen molar-refractivity contribution in [3.8, 4) is 11.1 Å². The fourth-order valence-electron chi connectivity index (χ4n) is 3.63. The van der Waals surface area contributed by atoms with Crippen LogP contribution in [0.25, 0.3) is 32.9 Å². The highest BCUT2D eigenvalue weighted by atomic mass is 15.3. The van der Waals surface area contributed by atoms with Crippen molar-refractivity contribution in [3.05, 3.63) is 71.8 Å². The molecule has 4 aromatic rings. The van der Waals surface area contributed by atoms with Gasteiger partial charge in [-0.25, -0.2) is 0 Å². The van der Waals surface area contributed by atoms with Crippen molar-refractivity contribution in [1.29, 1.82) is 0 Å². The van der Waals surface area contributed by atoms with E-state index in [1.165, 1.54) is 33.0 Å². The maximum absolute atomic E-state index is 6.29. The van der Waals surface area contributed by atoms with Crippen LogP contribution in [-0.2, 0) is 6.42 Å². The van der Waals surface area contributed by atoms with E-state index in [1.807, 2.05) is 10.7 Å². The number of benzene rings is 3. The second-order valence-corrected chi connectivity index (χ2v) is 5.75. The summed E-state index contributed by atoms with van der Waals surface area (Å²) in [5, 5.41) is 2.46. The molecule has 1 aliphatic carbocycles. The smallest absolute Gasteiger partial charge is 0.0706 e. The van der Waals surface area contributed by atoms with Crippen LogP contribution in [0.2, 0.25) is 0 Å². The summed E-state index contributed by atoms with van der Waals surface area (Å²) in [6, 6.07) is 21.6. The van der Waals surface area contributed by atoms with E-state index in [1.54, 1.807) is 0 Å². The Labute approximate surface area is 122 Å². The molecular weight excluding hydrogens is 256 g/mol. The molecule has 1 aromatic heterocycles. The Kier molecular flexibility index (Phi) is 1.92. The lowest BCUT2D eigenvalue weighted by atomic mass is 10.0. The fourth-order valence-corrected chi connectivity index (χ4v) is 3.63. The van der Waals surface area contributed by atoms with Gasteiger partial charge in [0.1, 0.15) is 0 Å². The fraction of sp³-hybridized carbons (Fsp3) is 0.0526. The molecule has 100 valence electrons. The van der Waals surface area contributed by atoms with Crippen molar-refractivity contribution in [3.63, 3.8) is 0 Å². The van der Waals surface area contributed by atoms with Crippen LogP contribution in [0.1, 0.15) is 11.1 Å². The average Bonchev–Trinajstić information content (AvgIpc) is 3.02. The van der Waals surface area contributed by atoms with E-state index >= 15 is 0 Å². The Morgan fingerprint density at radius 1 is 0.714 bits per heavy atom. The van der Waals surface area contributed by atoms with Gasteiger partial charge < -0.3 is 5.84 Å². The molecule has 0 amide bonds. The van der Waals surface area contributed by atoms with E-state index < -0.39 is 0 Å². The lowest BCUT2D eigenvalue weighted by Crippen LogP contribution is -2.06. The molecule has 2 N–H and O–H groups in total. The molecule has 1 heterocycles. The molecule has 2 nitrogen and oxygen atoms in total. The third-order valence-corrected chi connectivity index (χ3v) is 4.62. The van der Waals surface area contributed by atoms with Crippen LogP contribution in [0.5, 0.6) is 0 Å². The van der Waals surface area contributed by atoms with Gasteiger partial charge in [-0.2, -0.15) is 0 Å². The summed E-state index contributed by atoms with van der Waals surface area (Å²) in [7, 11) is 0. The Balaban J connectivity index is 1.94. The summed E-state index contributed by atoms with van der Waals surface area (Å²) in [6.07, 6.45) is 1.00. The molecule has 0 saturated carbocycles. The quantitative estimate of drug-likeness (QED) is 0.422. The zero-order chi connectivity index (χ0) is 14.0. The Morgan fingerprint density at radius 2 is 1.52 bits per heavy atom. The molecule has 0 atom stereocenters. The SMILES string of the molecule is Nn1c2ccccc2c2cc3c(cc21)Cc1ccccc1-3. The second-order valence-electron chi connectivity index (χ2n) is 5.75. The first-order valence-electron chi connectivity index (χ1n) is 7.22. The lowest BCUT2D eigenvalue weighted by Gasteiger charge is -2.03. The van der Waals surface area contributed by atoms with Gasteiger partial charge >= 0.3 is 0 Å². The zero-order valence-electron chi connectivity index (χ0n) is 11.5. The Morgan fingerprint density at radius 3 is 2.48 bits per heavy atom. The maximum atomic E-state index is 6.29. The third-order valence-electron chi connectivity index (χ3n) is 4.62. The number of hydrogen-bond acceptors (Lipinski definition) is 1. The molecule has 5 rings (SSSR count). The first kappa shape index (κ1) is 11.0. The summed E-state index contributed by atoms with van der Waals surface area (Å²) < 4.78 is 1.81. The highest BCUT2D eigenvalue weighted by Gasteiger charge is 2.20. The zero-order valence-corrected chi connectivity index (χ0v) is 11.5. The first-order chi connectivity index (χ1) is 10.3. The molecule has 0 fully saturated rings. The van der Waals surface area contributed by atoms with Crippen molar-refractivity contribution >= 4 is 21.8 Å². The van der Waals surface area contributed by atoms with Gasteiger partial charge in [0.05, 0.1) is 11.0 Å². The van der Waals surface area contributed by atoms with Gasteiger partial charge in [0.2, 0.25) is 0 Å². The summed E-state index contributed by atoms with van der Waals surface area (Å²) in [6.45, 7) is 0. The Bertz CT molecular complexity index is 1020. The van der Waals surface area contributed by atoms with Crippen LogP contribution >= 0.6 is 0 Å². The van der Waals surface area contributed by atoms with Gasteiger partial charge in [0.25, 0.3) is 0 Å². The number of nitrogen functional groups attached to an aromatic ring is 1. The predicted octanol–water partition coefficient (Wildman–Crippen LogP) is 4.08. The van der Waals surface area contributed by atoms with Gasteiger partial charge in [0.15, 0.2) is 0 Å². The van der Waals surface area contributed by atoms with Crippen molar-refractivity contribution in [2.24, 2.45) is 0 Å². The van der Waals surface area contributed by atoms with Crippen LogP contribution in [0.3, 0.4) is 0 Å². The monoisotopic (exact) mass is 270 g/mol. The van der Waals surface area contributed by atoms with Gasteiger partial charge in [-0.1, -0.05) is 42.5 Å². The Hall–Kier alpha value is -2.74. The molecular formula is C19H14N2. The molecule has 0 bridgehead atoms. The van der Waals surface area contributed by atoms with Gasteiger partial charge in [0, 0.05) is 10.8 Å². The van der Waals surface area contributed by atoms with E-state index in [2.05, 4.69) is 54.6 Å². The second kappa shape index (κ2) is 3.67. The maximum Gasteiger partial charge on any atom is 0.0706 e. The largest absolute Gasteiger partial charge is 0.339 e. The normalized spacial score (nSPS) is 12.8. The molecule has 0 radical (unpaired) electrons. The lowest BCUT2D eigenvalue weighted by molar-refractivity contribution is 1.11. The number of rotatable bonds is 0. The summed E-state index contributed by atoms with van der Waals surface area (Å²) in [5.41, 5.74) is 7.70. The van der Waals surface area contributed by atoms with Crippen molar-refractivity contribution in [2.75, 3.05) is 5.84 Å². The van der Waals surface area contributed by atoms with Crippen molar-refractivity contribution in [1.82, 2.24) is 4.68 Å². The molecule has 0 saturated heterocycles. The van der Waals surface area contributed by atoms with Gasteiger partial charge in [-0.3, -0.25) is 4.68 Å². The number of para-hydroxylation sites is 1. The number of nitrogens with zero attached hydrogens (tertiary/aromatic N) is 1. The molecule has 2 heteroatoms. The van der Waals surface area contributed by atoms with Crippen LogP contribution in [0, 0.1) is 0 Å². The summed E-state index contributed by atoms with van der Waals surface area (Å²) in [4.78, 5) is 0. The van der Waals surface area contributed by atoms with Gasteiger partial charge in [-0.15, -0.1) is 0 Å². The van der Waals surface area contributed by atoms with Crippen LogP contribution in [0.4, 0.5) is 0 Å². The van der Waals surface area contributed by atoms with Gasteiger partial charge in [-0.05, 0) is 46.9 Å². The summed E-state index contributed by atoms with van der Waals surface area (Å²) >= 11 is 0. The van der Waals surface area contributed by atoms with E-state index in [-0.39, 0.29) is 0 Å². The topological polar surface area (TPSA) is 30.9 Å².